The number of carbonyl (C=O) groups excluding carboxylic acids is 2. The molecule has 0 radical (unpaired) electrons. The number of para-hydroxylation sites is 1. The van der Waals surface area contributed by atoms with Crippen LogP contribution in [0.4, 0.5) is 11.4 Å². The van der Waals surface area contributed by atoms with E-state index in [1.165, 1.54) is 13.0 Å². The molecule has 7 nitrogen and oxygen atoms in total. The number of anilines is 2. The molecule has 3 aromatic rings. The second kappa shape index (κ2) is 9.17. The molecule has 0 unspecified atom stereocenters. The zero-order valence-corrected chi connectivity index (χ0v) is 17.2. The Morgan fingerprint density at radius 1 is 1.00 bits per heavy atom. The van der Waals surface area contributed by atoms with Crippen molar-refractivity contribution in [2.75, 3.05) is 10.6 Å². The Balaban J connectivity index is 2.01. The Labute approximate surface area is 174 Å². The van der Waals surface area contributed by atoms with Crippen molar-refractivity contribution in [3.05, 3.63) is 76.6 Å². The van der Waals surface area contributed by atoms with Crippen molar-refractivity contribution in [3.8, 4) is 11.3 Å². The van der Waals surface area contributed by atoms with E-state index in [2.05, 4.69) is 15.7 Å². The first-order valence-corrected chi connectivity index (χ1v) is 9.76. The second-order valence-electron chi connectivity index (χ2n) is 6.92. The van der Waals surface area contributed by atoms with E-state index in [1.54, 1.807) is 6.92 Å². The van der Waals surface area contributed by atoms with Gasteiger partial charge in [-0.3, -0.25) is 14.4 Å². The predicted molar refractivity (Wildman–Crippen MR) is 117 cm³/mol. The van der Waals surface area contributed by atoms with Crippen molar-refractivity contribution >= 4 is 23.2 Å². The molecule has 30 heavy (non-hydrogen) atoms. The van der Waals surface area contributed by atoms with Gasteiger partial charge >= 0.3 is 0 Å². The minimum atomic E-state index is -0.890. The summed E-state index contributed by atoms with van der Waals surface area (Å²) in [4.78, 5) is 37.4. The third-order valence-corrected chi connectivity index (χ3v) is 4.72. The van der Waals surface area contributed by atoms with Crippen molar-refractivity contribution in [2.24, 2.45) is 0 Å². The Morgan fingerprint density at radius 2 is 1.67 bits per heavy atom. The van der Waals surface area contributed by atoms with E-state index in [-0.39, 0.29) is 17.5 Å². The number of aromatic nitrogens is 2. The number of rotatable bonds is 6. The third kappa shape index (κ3) is 4.63. The summed E-state index contributed by atoms with van der Waals surface area (Å²) in [6.45, 7) is 4.93. The van der Waals surface area contributed by atoms with Crippen LogP contribution < -0.4 is 16.2 Å². The van der Waals surface area contributed by atoms with Gasteiger partial charge in [0.25, 0.3) is 5.56 Å². The molecule has 1 aromatic heterocycles. The molecule has 1 atom stereocenters. The summed E-state index contributed by atoms with van der Waals surface area (Å²) in [6.07, 6.45) is 0.763. The monoisotopic (exact) mass is 404 g/mol. The average molecular weight is 404 g/mol. The number of nitrogens with zero attached hydrogens (tertiary/aromatic N) is 2. The number of carbonyl (C=O) groups is 2. The van der Waals surface area contributed by atoms with Crippen LogP contribution in [0.3, 0.4) is 0 Å². The van der Waals surface area contributed by atoms with Gasteiger partial charge in [0.1, 0.15) is 11.7 Å². The number of benzene rings is 2. The summed E-state index contributed by atoms with van der Waals surface area (Å²) < 4.78 is 1.11. The second-order valence-corrected chi connectivity index (χ2v) is 6.92. The first-order valence-electron chi connectivity index (χ1n) is 9.76. The lowest BCUT2D eigenvalue weighted by atomic mass is 10.1. The molecular weight excluding hydrogens is 380 g/mol. The van der Waals surface area contributed by atoms with Crippen LogP contribution in [-0.2, 0) is 16.0 Å². The van der Waals surface area contributed by atoms with E-state index >= 15 is 0 Å². The van der Waals surface area contributed by atoms with Crippen LogP contribution in [0.5, 0.6) is 0 Å². The van der Waals surface area contributed by atoms with Crippen molar-refractivity contribution in [2.45, 2.75) is 33.2 Å². The number of nitrogens with one attached hydrogen (secondary N) is 2. The van der Waals surface area contributed by atoms with Crippen LogP contribution in [-0.4, -0.2) is 21.6 Å². The highest BCUT2D eigenvalue weighted by atomic mass is 16.2. The molecule has 0 saturated carbocycles. The molecule has 1 heterocycles. The van der Waals surface area contributed by atoms with Crippen LogP contribution in [0.1, 0.15) is 32.4 Å². The van der Waals surface area contributed by atoms with E-state index in [1.807, 2.05) is 61.5 Å². The highest BCUT2D eigenvalue weighted by Gasteiger charge is 2.21. The first-order chi connectivity index (χ1) is 14.4. The summed E-state index contributed by atoms with van der Waals surface area (Å²) in [6, 6.07) is 17.4. The molecule has 0 aliphatic carbocycles. The molecule has 7 heteroatoms. The van der Waals surface area contributed by atoms with Crippen LogP contribution in [0.15, 0.2) is 65.5 Å². The average Bonchev–Trinajstić information content (AvgIpc) is 2.75. The normalized spacial score (nSPS) is 11.6. The third-order valence-electron chi connectivity index (χ3n) is 4.72. The number of hydrogen-bond acceptors (Lipinski definition) is 4. The lowest BCUT2D eigenvalue weighted by Gasteiger charge is -2.18. The van der Waals surface area contributed by atoms with E-state index in [0.29, 0.717) is 11.4 Å². The van der Waals surface area contributed by atoms with Crippen LogP contribution in [0.25, 0.3) is 11.3 Å². The zero-order chi connectivity index (χ0) is 21.7. The SMILES string of the molecule is CCc1ccccc1NC(=O)[C@@H](C)n1nc(-c2ccccc2)cc(NC(C)=O)c1=O. The Bertz CT molecular complexity index is 1120. The molecule has 0 bridgehead atoms. The topological polar surface area (TPSA) is 93.1 Å². The maximum atomic E-state index is 12.9. The molecule has 0 spiro atoms. The van der Waals surface area contributed by atoms with E-state index < -0.39 is 11.6 Å². The molecule has 2 aromatic carbocycles. The molecule has 154 valence electrons. The highest BCUT2D eigenvalue weighted by Crippen LogP contribution is 2.20. The summed E-state index contributed by atoms with van der Waals surface area (Å²) >= 11 is 0. The quantitative estimate of drug-likeness (QED) is 0.656. The maximum Gasteiger partial charge on any atom is 0.291 e. The molecular formula is C23H24N4O3. The van der Waals surface area contributed by atoms with Gasteiger partial charge in [-0.05, 0) is 31.0 Å². The van der Waals surface area contributed by atoms with Gasteiger partial charge in [0, 0.05) is 18.2 Å². The molecule has 2 amide bonds. The van der Waals surface area contributed by atoms with Gasteiger partial charge in [-0.15, -0.1) is 0 Å². The minimum absolute atomic E-state index is 0.0740. The van der Waals surface area contributed by atoms with Crippen LogP contribution >= 0.6 is 0 Å². The summed E-state index contributed by atoms with van der Waals surface area (Å²) in [5.41, 5.74) is 2.47. The van der Waals surface area contributed by atoms with E-state index in [9.17, 15) is 14.4 Å². The van der Waals surface area contributed by atoms with E-state index in [0.717, 1.165) is 22.2 Å². The van der Waals surface area contributed by atoms with E-state index in [4.69, 9.17) is 0 Å². The van der Waals surface area contributed by atoms with Gasteiger partial charge in [0.2, 0.25) is 11.8 Å². The van der Waals surface area contributed by atoms with Crippen molar-refractivity contribution in [1.29, 1.82) is 0 Å². The molecule has 0 aliphatic rings. The van der Waals surface area contributed by atoms with Crippen LogP contribution in [0, 0.1) is 0 Å². The zero-order valence-electron chi connectivity index (χ0n) is 17.2. The van der Waals surface area contributed by atoms with Gasteiger partial charge in [-0.25, -0.2) is 4.68 Å². The molecule has 0 fully saturated rings. The number of amides is 2. The first kappa shape index (κ1) is 21.0. The minimum Gasteiger partial charge on any atom is -0.324 e. The standard InChI is InChI=1S/C23H24N4O3/c1-4-17-10-8-9-13-19(17)25-22(29)15(2)27-23(30)21(24-16(3)28)14-20(26-27)18-11-6-5-7-12-18/h5-15H,4H2,1-3H3,(H,24,28)(H,25,29)/t15-/m1/s1. The van der Waals surface area contributed by atoms with Gasteiger partial charge < -0.3 is 10.6 Å². The maximum absolute atomic E-state index is 12.9. The Kier molecular flexibility index (Phi) is 6.41. The molecule has 0 saturated heterocycles. The van der Waals surface area contributed by atoms with Gasteiger partial charge in [-0.2, -0.15) is 5.10 Å². The highest BCUT2D eigenvalue weighted by molar-refractivity contribution is 5.94. The summed E-state index contributed by atoms with van der Waals surface area (Å²) in [5.74, 6) is -0.748. The predicted octanol–water partition coefficient (Wildman–Crippen LogP) is 3.63. The lowest BCUT2D eigenvalue weighted by molar-refractivity contribution is -0.119. The Hall–Kier alpha value is -3.74. The van der Waals surface area contributed by atoms with Crippen molar-refractivity contribution in [3.63, 3.8) is 0 Å². The van der Waals surface area contributed by atoms with Crippen molar-refractivity contribution < 1.29 is 9.59 Å². The lowest BCUT2D eigenvalue weighted by Crippen LogP contribution is -2.35. The smallest absolute Gasteiger partial charge is 0.291 e. The fourth-order valence-electron chi connectivity index (χ4n) is 3.10. The molecule has 3 rings (SSSR count). The number of aryl methyl sites for hydroxylation is 1. The van der Waals surface area contributed by atoms with Gasteiger partial charge in [0.05, 0.1) is 5.69 Å². The summed E-state index contributed by atoms with van der Waals surface area (Å²) in [5, 5.41) is 9.83. The van der Waals surface area contributed by atoms with Gasteiger partial charge in [0.15, 0.2) is 0 Å². The number of hydrogen-bond donors (Lipinski definition) is 2. The van der Waals surface area contributed by atoms with Gasteiger partial charge in [-0.1, -0.05) is 55.5 Å². The van der Waals surface area contributed by atoms with Crippen molar-refractivity contribution in [1.82, 2.24) is 9.78 Å². The summed E-state index contributed by atoms with van der Waals surface area (Å²) in [7, 11) is 0. The molecule has 2 N–H and O–H groups in total. The fraction of sp³-hybridized carbons (Fsp3) is 0.217. The fourth-order valence-corrected chi connectivity index (χ4v) is 3.10. The Morgan fingerprint density at radius 3 is 2.33 bits per heavy atom. The largest absolute Gasteiger partial charge is 0.324 e. The van der Waals surface area contributed by atoms with Crippen LogP contribution in [0.2, 0.25) is 0 Å². The molecule has 0 aliphatic heterocycles.